The molecule has 152 valence electrons. The van der Waals surface area contributed by atoms with Crippen LogP contribution in [0.2, 0.25) is 0 Å². The second kappa shape index (κ2) is 9.97. The smallest absolute Gasteiger partial charge is 0.335 e. The van der Waals surface area contributed by atoms with Gasteiger partial charge in [0.25, 0.3) is 0 Å². The van der Waals surface area contributed by atoms with Gasteiger partial charge in [-0.05, 0) is 42.8 Å². The minimum atomic E-state index is -0.967. The first-order valence-electron chi connectivity index (χ1n) is 9.24. The third-order valence-corrected chi connectivity index (χ3v) is 5.23. The molecule has 0 fully saturated rings. The van der Waals surface area contributed by atoms with Crippen molar-refractivity contribution in [3.8, 4) is 11.5 Å². The summed E-state index contributed by atoms with van der Waals surface area (Å²) in [5.74, 6) is 2.00. The van der Waals surface area contributed by atoms with Gasteiger partial charge in [0.2, 0.25) is 0 Å². The summed E-state index contributed by atoms with van der Waals surface area (Å²) in [7, 11) is 1.65. The summed E-state index contributed by atoms with van der Waals surface area (Å²) in [6.07, 6.45) is 0.698. The second-order valence-corrected chi connectivity index (χ2v) is 7.26. The molecule has 1 aromatic heterocycles. The highest BCUT2D eigenvalue weighted by atomic mass is 32.2. The van der Waals surface area contributed by atoms with E-state index in [1.54, 1.807) is 31.0 Å². The van der Waals surface area contributed by atoms with Crippen LogP contribution in [0.4, 0.5) is 0 Å². The van der Waals surface area contributed by atoms with Gasteiger partial charge in [-0.3, -0.25) is 0 Å². The van der Waals surface area contributed by atoms with Crippen LogP contribution in [0, 0.1) is 0 Å². The summed E-state index contributed by atoms with van der Waals surface area (Å²) in [5.41, 5.74) is 1.36. The van der Waals surface area contributed by atoms with E-state index in [4.69, 9.17) is 14.6 Å². The Morgan fingerprint density at radius 1 is 1.14 bits per heavy atom. The first-order valence-corrected chi connectivity index (χ1v) is 10.2. The van der Waals surface area contributed by atoms with Crippen LogP contribution in [-0.2, 0) is 13.0 Å². The number of nitrogens with zero attached hydrogens (tertiary/aromatic N) is 3. The predicted molar refractivity (Wildman–Crippen MR) is 111 cm³/mol. The number of carbonyl (C=O) groups is 1. The van der Waals surface area contributed by atoms with E-state index in [1.807, 2.05) is 24.3 Å². The lowest BCUT2D eigenvalue weighted by molar-refractivity contribution is 0.0696. The SMILES string of the molecule is CCn1c(Cc2ccc(OC)cc2)nnc1SCCOc1cccc(C(=O)O)c1. The van der Waals surface area contributed by atoms with E-state index in [9.17, 15) is 4.79 Å². The average Bonchev–Trinajstić information content (AvgIpc) is 3.13. The van der Waals surface area contributed by atoms with Crippen LogP contribution in [-0.4, -0.2) is 45.3 Å². The predicted octanol–water partition coefficient (Wildman–Crippen LogP) is 3.77. The van der Waals surface area contributed by atoms with Crippen LogP contribution in [0.5, 0.6) is 11.5 Å². The molecule has 29 heavy (non-hydrogen) atoms. The Morgan fingerprint density at radius 3 is 2.62 bits per heavy atom. The molecular formula is C21H23N3O4S. The molecule has 0 atom stereocenters. The molecule has 0 amide bonds. The van der Waals surface area contributed by atoms with Gasteiger partial charge in [-0.15, -0.1) is 10.2 Å². The highest BCUT2D eigenvalue weighted by Crippen LogP contribution is 2.20. The normalized spacial score (nSPS) is 10.7. The molecule has 0 unspecified atom stereocenters. The summed E-state index contributed by atoms with van der Waals surface area (Å²) < 4.78 is 13.0. The molecule has 1 N–H and O–H groups in total. The number of hydrogen-bond acceptors (Lipinski definition) is 6. The fourth-order valence-electron chi connectivity index (χ4n) is 2.81. The van der Waals surface area contributed by atoms with E-state index in [0.29, 0.717) is 24.5 Å². The number of thioether (sulfide) groups is 1. The van der Waals surface area contributed by atoms with E-state index >= 15 is 0 Å². The van der Waals surface area contributed by atoms with Gasteiger partial charge in [0, 0.05) is 18.7 Å². The second-order valence-electron chi connectivity index (χ2n) is 6.20. The number of benzene rings is 2. The molecule has 0 radical (unpaired) electrons. The van der Waals surface area contributed by atoms with Crippen molar-refractivity contribution in [1.82, 2.24) is 14.8 Å². The summed E-state index contributed by atoms with van der Waals surface area (Å²) >= 11 is 1.57. The average molecular weight is 413 g/mol. The molecule has 3 rings (SSSR count). The molecule has 0 aliphatic rings. The van der Waals surface area contributed by atoms with E-state index in [0.717, 1.165) is 28.8 Å². The van der Waals surface area contributed by atoms with Gasteiger partial charge in [0.15, 0.2) is 5.16 Å². The van der Waals surface area contributed by atoms with Crippen molar-refractivity contribution < 1.29 is 19.4 Å². The Hall–Kier alpha value is -3.00. The zero-order chi connectivity index (χ0) is 20.6. The van der Waals surface area contributed by atoms with Crippen LogP contribution in [0.25, 0.3) is 0 Å². The largest absolute Gasteiger partial charge is 0.497 e. The maximum absolute atomic E-state index is 11.0. The lowest BCUT2D eigenvalue weighted by atomic mass is 10.1. The van der Waals surface area contributed by atoms with Crippen molar-refractivity contribution in [2.45, 2.75) is 25.0 Å². The number of ether oxygens (including phenoxy) is 2. The van der Waals surface area contributed by atoms with Crippen molar-refractivity contribution in [3.63, 3.8) is 0 Å². The monoisotopic (exact) mass is 413 g/mol. The third kappa shape index (κ3) is 5.51. The number of carboxylic acid groups (broad SMARTS) is 1. The molecule has 0 aliphatic carbocycles. The molecule has 0 spiro atoms. The van der Waals surface area contributed by atoms with E-state index in [1.165, 1.54) is 12.1 Å². The van der Waals surface area contributed by atoms with Crippen molar-refractivity contribution >= 4 is 17.7 Å². The van der Waals surface area contributed by atoms with Gasteiger partial charge in [0.05, 0.1) is 19.3 Å². The van der Waals surface area contributed by atoms with Gasteiger partial charge in [-0.1, -0.05) is 30.0 Å². The Balaban J connectivity index is 1.56. The highest BCUT2D eigenvalue weighted by molar-refractivity contribution is 7.99. The molecular weight excluding hydrogens is 390 g/mol. The van der Waals surface area contributed by atoms with Gasteiger partial charge in [-0.25, -0.2) is 4.79 Å². The van der Waals surface area contributed by atoms with Crippen LogP contribution < -0.4 is 9.47 Å². The number of aromatic nitrogens is 3. The van der Waals surface area contributed by atoms with Gasteiger partial charge < -0.3 is 19.1 Å². The topological polar surface area (TPSA) is 86.5 Å². The number of methoxy groups -OCH3 is 1. The minimum Gasteiger partial charge on any atom is -0.497 e. The van der Waals surface area contributed by atoms with Gasteiger partial charge >= 0.3 is 5.97 Å². The maximum Gasteiger partial charge on any atom is 0.335 e. The number of hydrogen-bond donors (Lipinski definition) is 1. The molecule has 2 aromatic carbocycles. The van der Waals surface area contributed by atoms with E-state index in [2.05, 4.69) is 21.7 Å². The van der Waals surface area contributed by atoms with Crippen LogP contribution in [0.15, 0.2) is 53.7 Å². The molecule has 0 saturated heterocycles. The van der Waals surface area contributed by atoms with Crippen molar-refractivity contribution in [3.05, 3.63) is 65.5 Å². The van der Waals surface area contributed by atoms with Crippen molar-refractivity contribution in [1.29, 1.82) is 0 Å². The Labute approximate surface area is 173 Å². The first kappa shape index (κ1) is 20.7. The molecule has 0 aliphatic heterocycles. The Kier molecular flexibility index (Phi) is 7.13. The fraction of sp³-hybridized carbons (Fsp3) is 0.286. The lowest BCUT2D eigenvalue weighted by Gasteiger charge is -2.09. The molecule has 3 aromatic rings. The third-order valence-electron chi connectivity index (χ3n) is 4.30. The van der Waals surface area contributed by atoms with Crippen LogP contribution >= 0.6 is 11.8 Å². The van der Waals surface area contributed by atoms with E-state index in [-0.39, 0.29) is 5.56 Å². The summed E-state index contributed by atoms with van der Waals surface area (Å²) in [6, 6.07) is 14.4. The number of aromatic carboxylic acids is 1. The summed E-state index contributed by atoms with van der Waals surface area (Å²) in [4.78, 5) is 11.0. The van der Waals surface area contributed by atoms with Crippen LogP contribution in [0.1, 0.15) is 28.7 Å². The molecule has 8 heteroatoms. The zero-order valence-electron chi connectivity index (χ0n) is 16.4. The lowest BCUT2D eigenvalue weighted by Crippen LogP contribution is -2.06. The summed E-state index contributed by atoms with van der Waals surface area (Å²) in [6.45, 7) is 3.29. The van der Waals surface area contributed by atoms with Gasteiger partial charge in [-0.2, -0.15) is 0 Å². The summed E-state index contributed by atoms with van der Waals surface area (Å²) in [5, 5.41) is 18.5. The molecule has 0 bridgehead atoms. The standard InChI is InChI=1S/C21H23N3O4S/c1-3-24-19(13-15-7-9-17(27-2)10-8-15)22-23-21(24)29-12-11-28-18-6-4-5-16(14-18)20(25)26/h4-10,14H,3,11-13H2,1-2H3,(H,25,26). The van der Waals surface area contributed by atoms with Crippen molar-refractivity contribution in [2.24, 2.45) is 0 Å². The highest BCUT2D eigenvalue weighted by Gasteiger charge is 2.12. The number of carboxylic acids is 1. The van der Waals surface area contributed by atoms with Gasteiger partial charge in [0.1, 0.15) is 17.3 Å². The Bertz CT molecular complexity index is 957. The Morgan fingerprint density at radius 2 is 1.93 bits per heavy atom. The fourth-order valence-corrected chi connectivity index (χ4v) is 3.65. The van der Waals surface area contributed by atoms with E-state index < -0.39 is 5.97 Å². The first-order chi connectivity index (χ1) is 14.1. The molecule has 1 heterocycles. The van der Waals surface area contributed by atoms with Crippen LogP contribution in [0.3, 0.4) is 0 Å². The van der Waals surface area contributed by atoms with Crippen molar-refractivity contribution in [2.75, 3.05) is 19.5 Å². The number of rotatable bonds is 10. The molecule has 7 nitrogen and oxygen atoms in total. The zero-order valence-corrected chi connectivity index (χ0v) is 17.2. The minimum absolute atomic E-state index is 0.212. The maximum atomic E-state index is 11.0. The molecule has 0 saturated carbocycles. The quantitative estimate of drug-likeness (QED) is 0.400.